The lowest BCUT2D eigenvalue weighted by Gasteiger charge is -2.23. The molecule has 0 spiro atoms. The molecule has 3 heterocycles. The van der Waals surface area contributed by atoms with E-state index in [1.807, 2.05) is 6.07 Å². The Morgan fingerprint density at radius 2 is 1.78 bits per heavy atom. The molecule has 2 aromatic carbocycles. The smallest absolute Gasteiger partial charge is 0.383 e. The monoisotopic (exact) mass is 580 g/mol. The van der Waals surface area contributed by atoms with E-state index in [0.717, 1.165) is 4.68 Å². The summed E-state index contributed by atoms with van der Waals surface area (Å²) in [5, 5.41) is 7.40. The molecule has 192 valence electrons. The van der Waals surface area contributed by atoms with Crippen molar-refractivity contribution in [2.75, 3.05) is 11.1 Å². The van der Waals surface area contributed by atoms with Crippen LogP contribution in [0.25, 0.3) is 22.4 Å². The fourth-order valence-corrected chi connectivity index (χ4v) is 4.78. The number of nitrogens with two attached hydrogens (primary N) is 1. The first-order valence-corrected chi connectivity index (χ1v) is 11.8. The fourth-order valence-electron chi connectivity index (χ4n) is 4.43. The summed E-state index contributed by atoms with van der Waals surface area (Å²) in [4.78, 5) is 21.9. The maximum absolute atomic E-state index is 13.6. The lowest BCUT2D eigenvalue weighted by Crippen LogP contribution is -2.37. The molecule has 1 unspecified atom stereocenters. The summed E-state index contributed by atoms with van der Waals surface area (Å²) in [6.45, 7) is 0.980. The van der Waals surface area contributed by atoms with Gasteiger partial charge in [-0.2, -0.15) is 27.1 Å². The number of benzene rings is 2. The minimum Gasteiger partial charge on any atom is -0.383 e. The van der Waals surface area contributed by atoms with Gasteiger partial charge in [0.2, 0.25) is 5.91 Å². The van der Waals surface area contributed by atoms with Crippen LogP contribution in [0.1, 0.15) is 24.5 Å². The number of carbonyl (C=O) groups is 1. The molecule has 3 N–H and O–H groups in total. The van der Waals surface area contributed by atoms with E-state index < -0.39 is 30.5 Å². The van der Waals surface area contributed by atoms with Crippen molar-refractivity contribution in [2.24, 2.45) is 0 Å². The highest BCUT2D eigenvalue weighted by Crippen LogP contribution is 2.45. The number of alkyl halides is 5. The van der Waals surface area contributed by atoms with Crippen molar-refractivity contribution >= 4 is 44.4 Å². The van der Waals surface area contributed by atoms with E-state index >= 15 is 0 Å². The molecule has 0 fully saturated rings. The van der Waals surface area contributed by atoms with Gasteiger partial charge >= 0.3 is 12.1 Å². The van der Waals surface area contributed by atoms with Crippen LogP contribution in [0.2, 0.25) is 0 Å². The molecule has 13 heteroatoms. The summed E-state index contributed by atoms with van der Waals surface area (Å²) >= 11 is 3.28. The van der Waals surface area contributed by atoms with Crippen molar-refractivity contribution in [3.05, 3.63) is 64.1 Å². The molecule has 0 saturated heterocycles. The van der Waals surface area contributed by atoms with E-state index in [2.05, 4.69) is 36.3 Å². The summed E-state index contributed by atoms with van der Waals surface area (Å²) in [5.74, 6) is -5.09. The van der Waals surface area contributed by atoms with Gasteiger partial charge in [-0.1, -0.05) is 46.3 Å². The van der Waals surface area contributed by atoms with Crippen LogP contribution in [0, 0.1) is 0 Å². The van der Waals surface area contributed by atoms with Crippen molar-refractivity contribution < 1.29 is 26.7 Å². The predicted octanol–water partition coefficient (Wildman–Crippen LogP) is 5.68. The number of nitrogens with one attached hydrogen (secondary N) is 1. The average Bonchev–Trinajstić information content (AvgIpc) is 3.32. The number of halogens is 6. The van der Waals surface area contributed by atoms with Crippen LogP contribution in [0.15, 0.2) is 53.0 Å². The third kappa shape index (κ3) is 4.01. The van der Waals surface area contributed by atoms with Gasteiger partial charge in [0.1, 0.15) is 22.7 Å². The second-order valence-corrected chi connectivity index (χ2v) is 9.70. The van der Waals surface area contributed by atoms with Gasteiger partial charge < -0.3 is 11.1 Å². The highest BCUT2D eigenvalue weighted by Gasteiger charge is 2.56. The van der Waals surface area contributed by atoms with Crippen LogP contribution >= 0.6 is 15.9 Å². The lowest BCUT2D eigenvalue weighted by atomic mass is 9.78. The Labute approximate surface area is 215 Å². The van der Waals surface area contributed by atoms with Crippen molar-refractivity contribution in [1.82, 2.24) is 19.7 Å². The number of hydrogen-bond donors (Lipinski definition) is 2. The van der Waals surface area contributed by atoms with Gasteiger partial charge in [0.05, 0.1) is 11.1 Å². The molecule has 4 aromatic rings. The standard InChI is InChI=1S/C24H18BrF5N6O/c1-22(12-5-3-2-4-6-12)16-18(31)32-20(33-19(16)34-21(22)37)17-14-8-7-13(25)11-15(14)36(35-17)10-9-23(26,27)24(28,29)30/h2-8,11H,9-10H2,1H3,(H3,31,32,33,34,37). The average molecular weight is 581 g/mol. The Bertz CT molecular complexity index is 1540. The van der Waals surface area contributed by atoms with Crippen molar-refractivity contribution in [3.63, 3.8) is 0 Å². The van der Waals surface area contributed by atoms with Crippen molar-refractivity contribution in [1.29, 1.82) is 0 Å². The Balaban J connectivity index is 1.61. The maximum atomic E-state index is 13.6. The van der Waals surface area contributed by atoms with Gasteiger partial charge in [0, 0.05) is 22.8 Å². The Kier molecular flexibility index (Phi) is 5.73. The number of aromatic nitrogens is 4. The van der Waals surface area contributed by atoms with E-state index in [0.29, 0.717) is 26.5 Å². The normalized spacial score (nSPS) is 17.8. The first-order chi connectivity index (χ1) is 17.3. The van der Waals surface area contributed by atoms with E-state index in [1.165, 1.54) is 0 Å². The van der Waals surface area contributed by atoms with Crippen molar-refractivity contribution in [2.45, 2.75) is 37.4 Å². The van der Waals surface area contributed by atoms with Crippen LogP contribution in [-0.2, 0) is 16.8 Å². The Hall–Kier alpha value is -3.61. The maximum Gasteiger partial charge on any atom is 0.453 e. The van der Waals surface area contributed by atoms with Gasteiger partial charge in [-0.25, -0.2) is 9.97 Å². The molecule has 0 saturated carbocycles. The molecule has 1 amide bonds. The SMILES string of the molecule is CC1(c2ccccc2)C(=O)Nc2nc(-c3nn(CCC(F)(F)C(F)(F)F)c4cc(Br)ccc34)nc(N)c21. The topological polar surface area (TPSA) is 98.7 Å². The molecule has 0 bridgehead atoms. The molecule has 37 heavy (non-hydrogen) atoms. The highest BCUT2D eigenvalue weighted by molar-refractivity contribution is 9.10. The number of rotatable bonds is 5. The Morgan fingerprint density at radius 1 is 1.08 bits per heavy atom. The van der Waals surface area contributed by atoms with E-state index in [4.69, 9.17) is 5.73 Å². The van der Waals surface area contributed by atoms with Crippen LogP contribution < -0.4 is 11.1 Å². The summed E-state index contributed by atoms with van der Waals surface area (Å²) in [5.41, 5.74) is 6.63. The molecule has 0 aliphatic carbocycles. The minimum atomic E-state index is -5.68. The lowest BCUT2D eigenvalue weighted by molar-refractivity contribution is -0.285. The number of nitrogens with zero attached hydrogens (tertiary/aromatic N) is 4. The molecular formula is C24H18BrF5N6O. The number of anilines is 2. The van der Waals surface area contributed by atoms with E-state index in [9.17, 15) is 26.7 Å². The number of carbonyl (C=O) groups excluding carboxylic acids is 1. The zero-order valence-electron chi connectivity index (χ0n) is 19.1. The molecule has 1 aliphatic heterocycles. The van der Waals surface area contributed by atoms with Gasteiger partial charge in [0.15, 0.2) is 5.82 Å². The number of amides is 1. The second-order valence-electron chi connectivity index (χ2n) is 8.79. The van der Waals surface area contributed by atoms with Crippen LogP contribution in [-0.4, -0.2) is 37.8 Å². The number of fused-ring (bicyclic) bond motifs is 2. The summed E-state index contributed by atoms with van der Waals surface area (Å²) in [7, 11) is 0. The third-order valence-corrected chi connectivity index (χ3v) is 6.95. The first-order valence-electron chi connectivity index (χ1n) is 11.0. The number of nitrogen functional groups attached to an aromatic ring is 1. The summed E-state index contributed by atoms with van der Waals surface area (Å²) in [6.07, 6.45) is -7.18. The van der Waals surface area contributed by atoms with E-state index in [1.54, 1.807) is 49.4 Å². The quantitative estimate of drug-likeness (QED) is 0.296. The van der Waals surface area contributed by atoms with Gasteiger partial charge in [-0.05, 0) is 30.7 Å². The molecular weight excluding hydrogens is 563 g/mol. The van der Waals surface area contributed by atoms with Gasteiger partial charge in [-0.3, -0.25) is 9.48 Å². The zero-order chi connectivity index (χ0) is 26.8. The molecule has 2 aromatic heterocycles. The summed E-state index contributed by atoms with van der Waals surface area (Å²) in [6, 6.07) is 13.8. The first kappa shape index (κ1) is 25.1. The number of aryl methyl sites for hydroxylation is 1. The van der Waals surface area contributed by atoms with Crippen LogP contribution in [0.5, 0.6) is 0 Å². The number of hydrogen-bond acceptors (Lipinski definition) is 5. The third-order valence-electron chi connectivity index (χ3n) is 6.45. The van der Waals surface area contributed by atoms with E-state index in [-0.39, 0.29) is 29.1 Å². The molecule has 7 nitrogen and oxygen atoms in total. The van der Waals surface area contributed by atoms with Gasteiger partial charge in [0.25, 0.3) is 0 Å². The molecule has 1 atom stereocenters. The van der Waals surface area contributed by atoms with Crippen LogP contribution in [0.3, 0.4) is 0 Å². The Morgan fingerprint density at radius 3 is 2.46 bits per heavy atom. The molecule has 1 aliphatic rings. The minimum absolute atomic E-state index is 0.00752. The second kappa shape index (κ2) is 8.47. The van der Waals surface area contributed by atoms with Gasteiger partial charge in [-0.15, -0.1) is 0 Å². The van der Waals surface area contributed by atoms with Crippen LogP contribution in [0.4, 0.5) is 33.6 Å². The highest BCUT2D eigenvalue weighted by atomic mass is 79.9. The fraction of sp³-hybridized carbons (Fsp3) is 0.250. The predicted molar refractivity (Wildman–Crippen MR) is 130 cm³/mol. The summed E-state index contributed by atoms with van der Waals surface area (Å²) < 4.78 is 67.0. The zero-order valence-corrected chi connectivity index (χ0v) is 20.7. The molecule has 0 radical (unpaired) electrons. The largest absolute Gasteiger partial charge is 0.453 e. The molecule has 5 rings (SSSR count). The van der Waals surface area contributed by atoms with Crippen molar-refractivity contribution in [3.8, 4) is 11.5 Å².